The van der Waals surface area contributed by atoms with Crippen LogP contribution in [0, 0.1) is 30.6 Å². The summed E-state index contributed by atoms with van der Waals surface area (Å²) in [6.07, 6.45) is -0.0560. The van der Waals surface area contributed by atoms with E-state index in [0.29, 0.717) is 5.56 Å². The van der Waals surface area contributed by atoms with Crippen LogP contribution in [-0.4, -0.2) is 86.0 Å². The maximum absolute atomic E-state index is 11.2. The van der Waals surface area contributed by atoms with Crippen LogP contribution in [0.3, 0.4) is 0 Å². The Bertz CT molecular complexity index is 1710. The summed E-state index contributed by atoms with van der Waals surface area (Å²) in [6.45, 7) is 1.59. The lowest BCUT2D eigenvalue weighted by molar-refractivity contribution is -0.140. The molecule has 0 aliphatic carbocycles. The topological polar surface area (TPSA) is 220 Å². The second kappa shape index (κ2) is 16.4. The average Bonchev–Trinajstić information content (AvgIpc) is 2.91. The normalized spacial score (nSPS) is 10.9. The predicted molar refractivity (Wildman–Crippen MR) is 155 cm³/mol. The van der Waals surface area contributed by atoms with E-state index in [1.54, 1.807) is 13.0 Å². The van der Waals surface area contributed by atoms with Crippen LogP contribution < -0.4 is 18.9 Å². The van der Waals surface area contributed by atoms with Gasteiger partial charge in [0.05, 0.1) is 41.4 Å². The smallest absolute Gasteiger partial charge is 0.341 e. The Labute approximate surface area is 254 Å². The molecule has 238 valence electrons. The van der Waals surface area contributed by atoms with Crippen molar-refractivity contribution in [1.29, 1.82) is 0 Å². The molecular formula is C28H30O14S2. The van der Waals surface area contributed by atoms with Crippen molar-refractivity contribution in [2.24, 2.45) is 0 Å². The molecule has 0 aliphatic rings. The van der Waals surface area contributed by atoms with Gasteiger partial charge in [-0.3, -0.25) is 9.11 Å². The number of benzene rings is 2. The fraction of sp³-hybridized carbons (Fsp3) is 0.357. The van der Waals surface area contributed by atoms with Crippen molar-refractivity contribution in [3.8, 4) is 46.7 Å². The minimum atomic E-state index is -4.21. The molecule has 2 aromatic rings. The van der Waals surface area contributed by atoms with Gasteiger partial charge in [0.2, 0.25) is 0 Å². The summed E-state index contributed by atoms with van der Waals surface area (Å²) in [5.74, 6) is 7.99. The highest BCUT2D eigenvalue weighted by molar-refractivity contribution is 7.86. The molecule has 2 rings (SSSR count). The monoisotopic (exact) mass is 654 g/mol. The number of hydrogen-bond acceptors (Lipinski definition) is 10. The third kappa shape index (κ3) is 13.2. The molecule has 0 saturated carbocycles. The van der Waals surface area contributed by atoms with Crippen molar-refractivity contribution in [2.45, 2.75) is 26.7 Å². The molecule has 0 aliphatic heterocycles. The maximum atomic E-state index is 11.2. The number of aryl methyl sites for hydroxylation is 1. The van der Waals surface area contributed by atoms with E-state index in [2.05, 4.69) is 23.7 Å². The van der Waals surface area contributed by atoms with Gasteiger partial charge in [-0.2, -0.15) is 16.8 Å². The molecule has 0 radical (unpaired) electrons. The van der Waals surface area contributed by atoms with Crippen LogP contribution in [0.4, 0.5) is 0 Å². The molecule has 4 N–H and O–H groups in total. The molecule has 16 heteroatoms. The van der Waals surface area contributed by atoms with Gasteiger partial charge in [-0.25, -0.2) is 9.59 Å². The van der Waals surface area contributed by atoms with Gasteiger partial charge >= 0.3 is 11.9 Å². The molecule has 0 unspecified atom stereocenters. The van der Waals surface area contributed by atoms with Crippen molar-refractivity contribution in [3.05, 3.63) is 46.5 Å². The fourth-order valence-corrected chi connectivity index (χ4v) is 4.39. The largest absolute Gasteiger partial charge is 0.493 e. The minimum Gasteiger partial charge on any atom is -0.493 e. The zero-order chi connectivity index (χ0) is 32.9. The first kappa shape index (κ1) is 35.7. The minimum absolute atomic E-state index is 0.00439. The summed E-state index contributed by atoms with van der Waals surface area (Å²) in [7, 11) is -8.40. The highest BCUT2D eigenvalue weighted by Gasteiger charge is 2.15. The van der Waals surface area contributed by atoms with E-state index in [1.807, 2.05) is 0 Å². The summed E-state index contributed by atoms with van der Waals surface area (Å²) in [6, 6.07) is 5.70. The average molecular weight is 655 g/mol. The van der Waals surface area contributed by atoms with Crippen molar-refractivity contribution in [2.75, 3.05) is 37.9 Å². The Kier molecular flexibility index (Phi) is 13.3. The van der Waals surface area contributed by atoms with Crippen LogP contribution >= 0.6 is 0 Å². The van der Waals surface area contributed by atoms with Gasteiger partial charge in [0.15, 0.2) is 13.2 Å². The van der Waals surface area contributed by atoms with E-state index < -0.39 is 56.9 Å². The van der Waals surface area contributed by atoms with E-state index in [4.69, 9.17) is 38.3 Å². The Hall–Kier alpha value is -4.48. The number of carboxylic acids is 2. The predicted octanol–water partition coefficient (Wildman–Crippen LogP) is 2.01. The molecule has 2 aromatic carbocycles. The Morgan fingerprint density at radius 3 is 1.45 bits per heavy atom. The second-order valence-corrected chi connectivity index (χ2v) is 12.1. The number of carboxylic acid groups (broad SMARTS) is 2. The first-order valence-corrected chi connectivity index (χ1v) is 15.9. The van der Waals surface area contributed by atoms with Gasteiger partial charge in [-0.15, -0.1) is 5.92 Å². The molecule has 0 amide bonds. The summed E-state index contributed by atoms with van der Waals surface area (Å²) in [4.78, 5) is 22.3. The van der Waals surface area contributed by atoms with Crippen molar-refractivity contribution < 1.29 is 64.7 Å². The fourth-order valence-electron chi connectivity index (χ4n) is 3.42. The standard InChI is InChI=1S/C28H30O14S2/c1-3-6-20-15-26(42-18-28(31)32)22(16-25(20)41-17-27(29)30)8-7-21-14-23(39-9-4-11-43(33,34)35)19(2)13-24(21)40-10-5-12-44(36,37)38/h13-16H,4-5,9-12,17-18H2,1-2H3,(H,29,30)(H,31,32)(H,33,34,35)(H,36,37,38). The maximum Gasteiger partial charge on any atom is 0.341 e. The number of rotatable bonds is 16. The zero-order valence-electron chi connectivity index (χ0n) is 23.7. The van der Waals surface area contributed by atoms with Gasteiger partial charge in [-0.1, -0.05) is 17.8 Å². The van der Waals surface area contributed by atoms with E-state index in [1.165, 1.54) is 25.1 Å². The first-order chi connectivity index (χ1) is 20.6. The van der Waals surface area contributed by atoms with Gasteiger partial charge in [-0.05, 0) is 44.4 Å². The van der Waals surface area contributed by atoms with Crippen molar-refractivity contribution >= 4 is 32.2 Å². The molecule has 44 heavy (non-hydrogen) atoms. The quantitative estimate of drug-likeness (QED) is 0.116. The van der Waals surface area contributed by atoms with Gasteiger partial charge < -0.3 is 29.2 Å². The zero-order valence-corrected chi connectivity index (χ0v) is 25.3. The van der Waals surface area contributed by atoms with E-state index in [0.717, 1.165) is 0 Å². The summed E-state index contributed by atoms with van der Waals surface area (Å²) >= 11 is 0. The molecule has 0 saturated heterocycles. The number of aliphatic carboxylic acids is 2. The highest BCUT2D eigenvalue weighted by Crippen LogP contribution is 2.31. The van der Waals surface area contributed by atoms with Crippen LogP contribution in [0.5, 0.6) is 23.0 Å². The summed E-state index contributed by atoms with van der Waals surface area (Å²) < 4.78 is 84.2. The Morgan fingerprint density at radius 1 is 0.659 bits per heavy atom. The van der Waals surface area contributed by atoms with Crippen LogP contribution in [0.1, 0.15) is 42.0 Å². The van der Waals surface area contributed by atoms with Crippen LogP contribution in [0.2, 0.25) is 0 Å². The molecule has 0 aromatic heterocycles. The highest BCUT2D eigenvalue weighted by atomic mass is 32.2. The van der Waals surface area contributed by atoms with Crippen LogP contribution in [0.15, 0.2) is 24.3 Å². The van der Waals surface area contributed by atoms with Gasteiger partial charge in [0, 0.05) is 12.1 Å². The SMILES string of the molecule is CC#Cc1cc(OCC(=O)O)c(C#Cc2cc(OCCCS(=O)(=O)O)c(C)cc2OCCCS(=O)(=O)O)cc1OCC(=O)O. The second-order valence-electron chi connectivity index (χ2n) is 8.92. The van der Waals surface area contributed by atoms with E-state index in [9.17, 15) is 26.4 Å². The van der Waals surface area contributed by atoms with E-state index >= 15 is 0 Å². The first-order valence-electron chi connectivity index (χ1n) is 12.7. The third-order valence-electron chi connectivity index (χ3n) is 5.26. The summed E-state index contributed by atoms with van der Waals surface area (Å²) in [5, 5.41) is 18.2. The molecule has 0 heterocycles. The molecule has 0 fully saturated rings. The lowest BCUT2D eigenvalue weighted by Crippen LogP contribution is -2.12. The number of carbonyl (C=O) groups is 2. The van der Waals surface area contributed by atoms with Crippen LogP contribution in [-0.2, 0) is 29.8 Å². The lowest BCUT2D eigenvalue weighted by atomic mass is 10.1. The number of hydrogen-bond donors (Lipinski definition) is 4. The van der Waals surface area contributed by atoms with Crippen molar-refractivity contribution in [1.82, 2.24) is 0 Å². The van der Waals surface area contributed by atoms with E-state index in [-0.39, 0.29) is 65.7 Å². The molecular weight excluding hydrogens is 624 g/mol. The summed E-state index contributed by atoms with van der Waals surface area (Å²) in [5.41, 5.74) is 1.08. The number of ether oxygens (including phenoxy) is 4. The molecule has 0 bridgehead atoms. The molecule has 0 atom stereocenters. The van der Waals surface area contributed by atoms with Crippen molar-refractivity contribution in [3.63, 3.8) is 0 Å². The molecule has 14 nitrogen and oxygen atoms in total. The third-order valence-corrected chi connectivity index (χ3v) is 6.87. The molecule has 0 spiro atoms. The van der Waals surface area contributed by atoms with Gasteiger partial charge in [0.1, 0.15) is 23.0 Å². The Morgan fingerprint density at radius 2 is 1.05 bits per heavy atom. The van der Waals surface area contributed by atoms with Crippen LogP contribution in [0.25, 0.3) is 0 Å². The Balaban J connectivity index is 2.58. The lowest BCUT2D eigenvalue weighted by Gasteiger charge is -2.14. The van der Waals surface area contributed by atoms with Gasteiger partial charge in [0.25, 0.3) is 20.2 Å².